The number of hydrogen-bond acceptors (Lipinski definition) is 7. The lowest BCUT2D eigenvalue weighted by Crippen LogP contribution is -2.33. The van der Waals surface area contributed by atoms with E-state index in [0.717, 1.165) is 28.6 Å². The van der Waals surface area contributed by atoms with Crippen molar-refractivity contribution in [3.05, 3.63) is 29.9 Å². The lowest BCUT2D eigenvalue weighted by molar-refractivity contribution is -0.0508. The Kier molecular flexibility index (Phi) is 4.30. The van der Waals surface area contributed by atoms with E-state index in [1.165, 1.54) is 6.33 Å². The Hall–Kier alpha value is -1.84. The van der Waals surface area contributed by atoms with Crippen molar-refractivity contribution in [1.82, 2.24) is 14.5 Å². The van der Waals surface area contributed by atoms with Crippen LogP contribution >= 0.6 is 0 Å². The number of hydrogen-bond donors (Lipinski definition) is 3. The summed E-state index contributed by atoms with van der Waals surface area (Å²) >= 11 is 0. The molecule has 4 heterocycles. The van der Waals surface area contributed by atoms with Crippen LogP contribution in [0.4, 0.5) is 0 Å². The molecule has 4 atom stereocenters. The molecule has 1 saturated heterocycles. The summed E-state index contributed by atoms with van der Waals surface area (Å²) in [6.45, 7) is 2.76. The highest BCUT2D eigenvalue weighted by Crippen LogP contribution is 2.37. The van der Waals surface area contributed by atoms with Gasteiger partial charge in [0.1, 0.15) is 30.3 Å². The van der Waals surface area contributed by atoms with Crippen molar-refractivity contribution in [3.8, 4) is 0 Å². The minimum absolute atomic E-state index is 0.364. The van der Waals surface area contributed by atoms with E-state index in [1.54, 1.807) is 4.57 Å². The van der Waals surface area contributed by atoms with Gasteiger partial charge in [0.05, 0.1) is 25.5 Å². The molecule has 2 aliphatic rings. The number of aryl methyl sites for hydroxylation is 1. The fourth-order valence-corrected chi connectivity index (χ4v) is 3.56. The first-order valence-corrected chi connectivity index (χ1v) is 8.33. The topological polar surface area (TPSA) is 110 Å². The zero-order valence-corrected chi connectivity index (χ0v) is 13.9. The van der Waals surface area contributed by atoms with E-state index in [-0.39, 0.29) is 6.61 Å². The van der Waals surface area contributed by atoms with Gasteiger partial charge < -0.3 is 29.4 Å². The second-order valence-corrected chi connectivity index (χ2v) is 6.39. The molecule has 0 unspecified atom stereocenters. The van der Waals surface area contributed by atoms with Crippen molar-refractivity contribution in [2.45, 2.75) is 37.9 Å². The molecule has 134 valence electrons. The third-order valence-corrected chi connectivity index (χ3v) is 4.90. The molecule has 25 heavy (non-hydrogen) atoms. The van der Waals surface area contributed by atoms with E-state index < -0.39 is 24.5 Å². The molecule has 0 amide bonds. The highest BCUT2D eigenvalue weighted by Gasteiger charge is 2.44. The van der Waals surface area contributed by atoms with Crippen LogP contribution in [0.25, 0.3) is 16.6 Å². The maximum Gasteiger partial charge on any atom is 0.164 e. The molecule has 3 N–H and O–H groups in total. The Labute approximate surface area is 144 Å². The molecule has 4 rings (SSSR count). The number of aliphatic hydroxyl groups is 3. The normalized spacial score (nSPS) is 30.0. The molecule has 0 saturated carbocycles. The fourth-order valence-electron chi connectivity index (χ4n) is 3.56. The Bertz CT molecular complexity index is 818. The third kappa shape index (κ3) is 2.66. The molecule has 1 fully saturated rings. The van der Waals surface area contributed by atoms with E-state index in [9.17, 15) is 15.3 Å². The highest BCUT2D eigenvalue weighted by atomic mass is 16.6. The number of nitrogens with zero attached hydrogens (tertiary/aromatic N) is 3. The summed E-state index contributed by atoms with van der Waals surface area (Å²) in [7, 11) is 0. The average molecular weight is 347 g/mol. The van der Waals surface area contributed by atoms with E-state index in [0.29, 0.717) is 18.9 Å². The second-order valence-electron chi connectivity index (χ2n) is 6.39. The first-order chi connectivity index (χ1) is 12.1. The van der Waals surface area contributed by atoms with E-state index in [1.807, 2.05) is 19.2 Å². The molecule has 2 aromatic heterocycles. The first kappa shape index (κ1) is 16.6. The summed E-state index contributed by atoms with van der Waals surface area (Å²) in [6, 6.07) is 0. The summed E-state index contributed by atoms with van der Waals surface area (Å²) in [5, 5.41) is 30.7. The predicted molar refractivity (Wildman–Crippen MR) is 88.7 cm³/mol. The van der Waals surface area contributed by atoms with Crippen LogP contribution in [0.5, 0.6) is 0 Å². The molecule has 0 spiro atoms. The van der Waals surface area contributed by atoms with Gasteiger partial charge in [0.25, 0.3) is 0 Å². The second kappa shape index (κ2) is 6.47. The number of fused-ring (bicyclic) bond motifs is 1. The fraction of sp³-hybridized carbons (Fsp3) is 0.529. The largest absolute Gasteiger partial charge is 0.394 e. The molecule has 2 aliphatic heterocycles. The van der Waals surface area contributed by atoms with Crippen LogP contribution in [0.15, 0.2) is 18.6 Å². The average Bonchev–Trinajstić information content (AvgIpc) is 3.15. The summed E-state index contributed by atoms with van der Waals surface area (Å²) in [6.07, 6.45) is 2.21. The van der Waals surface area contributed by atoms with Crippen LogP contribution in [0.1, 0.15) is 23.9 Å². The molecular weight excluding hydrogens is 326 g/mol. The Morgan fingerprint density at radius 2 is 2.12 bits per heavy atom. The van der Waals surface area contributed by atoms with Crippen molar-refractivity contribution in [2.75, 3.05) is 19.8 Å². The first-order valence-electron chi connectivity index (χ1n) is 8.33. The summed E-state index contributed by atoms with van der Waals surface area (Å²) in [5.41, 5.74) is 3.58. The van der Waals surface area contributed by atoms with E-state index in [2.05, 4.69) is 9.97 Å². The number of aliphatic hydroxyl groups excluding tert-OH is 3. The van der Waals surface area contributed by atoms with Gasteiger partial charge in [-0.2, -0.15) is 0 Å². The Morgan fingerprint density at radius 3 is 2.80 bits per heavy atom. The quantitative estimate of drug-likeness (QED) is 0.725. The SMILES string of the molecule is Cc1ncnc2c1c(C1=CCOCC1)cn2[C@@H]1O[C@H](CO)[C@@H](O)[C@H]1O. The monoisotopic (exact) mass is 347 g/mol. The van der Waals surface area contributed by atoms with Crippen LogP contribution in [0, 0.1) is 6.92 Å². The van der Waals surface area contributed by atoms with Gasteiger partial charge in [-0.3, -0.25) is 0 Å². The third-order valence-electron chi connectivity index (χ3n) is 4.90. The van der Waals surface area contributed by atoms with Gasteiger partial charge in [-0.1, -0.05) is 6.08 Å². The zero-order valence-electron chi connectivity index (χ0n) is 13.9. The van der Waals surface area contributed by atoms with Crippen LogP contribution in [0.2, 0.25) is 0 Å². The molecule has 8 nitrogen and oxygen atoms in total. The van der Waals surface area contributed by atoms with Gasteiger partial charge in [-0.25, -0.2) is 9.97 Å². The van der Waals surface area contributed by atoms with Crippen LogP contribution < -0.4 is 0 Å². The predicted octanol–water partition coefficient (Wildman–Crippen LogP) is 0.155. The molecule has 0 aromatic carbocycles. The Balaban J connectivity index is 1.85. The lowest BCUT2D eigenvalue weighted by atomic mass is 10.0. The standard InChI is InChI=1S/C17H21N3O5/c1-9-13-11(10-2-4-24-5-3-10)6-20(16(13)19-8-18-9)17-15(23)14(22)12(7-21)25-17/h2,6,8,12,14-15,17,21-23H,3-5,7H2,1H3/t12-,14-,15-,17-/m1/s1. The molecule has 0 bridgehead atoms. The molecular formula is C17H21N3O5. The highest BCUT2D eigenvalue weighted by molar-refractivity contribution is 5.92. The maximum atomic E-state index is 10.4. The van der Waals surface area contributed by atoms with Gasteiger partial charge in [-0.05, 0) is 18.9 Å². The van der Waals surface area contributed by atoms with E-state index in [4.69, 9.17) is 9.47 Å². The molecule has 0 aliphatic carbocycles. The lowest BCUT2D eigenvalue weighted by Gasteiger charge is -2.17. The minimum atomic E-state index is -1.15. The maximum absolute atomic E-state index is 10.4. The molecule has 8 heteroatoms. The van der Waals surface area contributed by atoms with E-state index >= 15 is 0 Å². The van der Waals surface area contributed by atoms with Crippen LogP contribution in [-0.4, -0.2) is 68.0 Å². The van der Waals surface area contributed by atoms with Crippen molar-refractivity contribution in [3.63, 3.8) is 0 Å². The summed E-state index contributed by atoms with van der Waals surface area (Å²) in [4.78, 5) is 8.66. The summed E-state index contributed by atoms with van der Waals surface area (Å²) in [5.74, 6) is 0. The van der Waals surface area contributed by atoms with Gasteiger partial charge in [0.15, 0.2) is 6.23 Å². The molecule has 0 radical (unpaired) electrons. The smallest absolute Gasteiger partial charge is 0.164 e. The number of rotatable bonds is 3. The van der Waals surface area contributed by atoms with Gasteiger partial charge >= 0.3 is 0 Å². The minimum Gasteiger partial charge on any atom is -0.394 e. The van der Waals surface area contributed by atoms with Crippen molar-refractivity contribution in [2.24, 2.45) is 0 Å². The van der Waals surface area contributed by atoms with Gasteiger partial charge in [0, 0.05) is 17.1 Å². The van der Waals surface area contributed by atoms with Gasteiger partial charge in [-0.15, -0.1) is 0 Å². The van der Waals surface area contributed by atoms with Crippen molar-refractivity contribution >= 4 is 16.6 Å². The van der Waals surface area contributed by atoms with Gasteiger partial charge in [0.2, 0.25) is 0 Å². The zero-order chi connectivity index (χ0) is 17.6. The Morgan fingerprint density at radius 1 is 1.28 bits per heavy atom. The number of ether oxygens (including phenoxy) is 2. The summed E-state index contributed by atoms with van der Waals surface area (Å²) < 4.78 is 12.8. The van der Waals surface area contributed by atoms with Crippen molar-refractivity contribution in [1.29, 1.82) is 0 Å². The number of aromatic nitrogens is 3. The van der Waals surface area contributed by atoms with Crippen LogP contribution in [0.3, 0.4) is 0 Å². The molecule has 2 aromatic rings. The van der Waals surface area contributed by atoms with Crippen molar-refractivity contribution < 1.29 is 24.8 Å². The van der Waals surface area contributed by atoms with Crippen LogP contribution in [-0.2, 0) is 9.47 Å².